The molecule has 2 aliphatic heterocycles. The van der Waals surface area contributed by atoms with Crippen LogP contribution in [0.5, 0.6) is 0 Å². The number of benzene rings is 1. The summed E-state index contributed by atoms with van der Waals surface area (Å²) in [6, 6.07) is 6.18. The van der Waals surface area contributed by atoms with Crippen molar-refractivity contribution in [1.82, 2.24) is 15.0 Å². The second-order valence-electron chi connectivity index (χ2n) is 9.27. The number of ether oxygens (including phenoxy) is 1. The third-order valence-electron chi connectivity index (χ3n) is 6.24. The number of anilines is 3. The predicted molar refractivity (Wildman–Crippen MR) is 128 cm³/mol. The molecule has 9 nitrogen and oxygen atoms in total. The second kappa shape index (κ2) is 7.39. The quantitative estimate of drug-likeness (QED) is 0.564. The Bertz CT molecular complexity index is 1210. The van der Waals surface area contributed by atoms with Gasteiger partial charge in [-0.05, 0) is 17.7 Å². The van der Waals surface area contributed by atoms with Crippen molar-refractivity contribution < 1.29 is 4.74 Å². The highest BCUT2D eigenvalue weighted by Crippen LogP contribution is 2.41. The summed E-state index contributed by atoms with van der Waals surface area (Å²) in [4.78, 5) is 20.3. The normalized spacial score (nSPS) is 20.8. The first-order chi connectivity index (χ1) is 15.3. The van der Waals surface area contributed by atoms with Gasteiger partial charge in [0.25, 0.3) is 0 Å². The molecule has 1 saturated heterocycles. The van der Waals surface area contributed by atoms with E-state index < -0.39 is 5.79 Å². The minimum atomic E-state index is -0.967. The van der Waals surface area contributed by atoms with Gasteiger partial charge in [-0.15, -0.1) is 0 Å². The molecular formula is C23H28N8O. The average Bonchev–Trinajstić information content (AvgIpc) is 2.78. The van der Waals surface area contributed by atoms with Gasteiger partial charge in [0.15, 0.2) is 5.79 Å². The molecule has 1 fully saturated rings. The molecule has 9 heteroatoms. The number of rotatable bonds is 2. The van der Waals surface area contributed by atoms with Gasteiger partial charge < -0.3 is 20.7 Å². The maximum absolute atomic E-state index is 6.63. The van der Waals surface area contributed by atoms with Crippen LogP contribution in [0.4, 0.5) is 17.3 Å². The lowest BCUT2D eigenvalue weighted by atomic mass is 9.85. The largest absolute Gasteiger partial charge is 0.383 e. The monoisotopic (exact) mass is 432 g/mol. The van der Waals surface area contributed by atoms with Gasteiger partial charge in [-0.25, -0.2) is 19.9 Å². The van der Waals surface area contributed by atoms with Crippen LogP contribution in [0.25, 0.3) is 22.0 Å². The number of hydrogen-bond acceptors (Lipinski definition) is 9. The SMILES string of the molecule is CC(C)(C)C1(N)N=Cc2c(N)ncc(-c3ccc4c(N5CCOCC5)ncnc4c3)c2N1. The molecule has 32 heavy (non-hydrogen) atoms. The minimum absolute atomic E-state index is 0.319. The smallest absolute Gasteiger partial charge is 0.187 e. The number of pyridine rings is 1. The maximum atomic E-state index is 6.63. The van der Waals surface area contributed by atoms with Crippen LogP contribution >= 0.6 is 0 Å². The Morgan fingerprint density at radius 3 is 2.66 bits per heavy atom. The Morgan fingerprint density at radius 2 is 1.91 bits per heavy atom. The average molecular weight is 433 g/mol. The Labute approximate surface area is 186 Å². The van der Waals surface area contributed by atoms with Crippen molar-refractivity contribution in [2.45, 2.75) is 26.6 Å². The van der Waals surface area contributed by atoms with Gasteiger partial charge in [0.1, 0.15) is 18.0 Å². The zero-order chi connectivity index (χ0) is 22.5. The molecule has 0 bridgehead atoms. The summed E-state index contributed by atoms with van der Waals surface area (Å²) in [7, 11) is 0. The molecule has 0 amide bonds. The molecule has 1 atom stereocenters. The van der Waals surface area contributed by atoms with E-state index in [9.17, 15) is 0 Å². The number of hydrogen-bond donors (Lipinski definition) is 3. The van der Waals surface area contributed by atoms with Crippen LogP contribution in [-0.4, -0.2) is 53.3 Å². The number of nitrogens with one attached hydrogen (secondary N) is 1. The molecule has 3 aromatic rings. The first-order valence-corrected chi connectivity index (χ1v) is 10.8. The van der Waals surface area contributed by atoms with Crippen LogP contribution in [0.15, 0.2) is 35.7 Å². The molecule has 5 N–H and O–H groups in total. The van der Waals surface area contributed by atoms with E-state index in [0.717, 1.165) is 52.2 Å². The van der Waals surface area contributed by atoms with Gasteiger partial charge in [0, 0.05) is 41.9 Å². The van der Waals surface area contributed by atoms with Crippen LogP contribution in [0.2, 0.25) is 0 Å². The summed E-state index contributed by atoms with van der Waals surface area (Å²) in [6.07, 6.45) is 5.11. The van der Waals surface area contributed by atoms with E-state index in [1.165, 1.54) is 0 Å². The van der Waals surface area contributed by atoms with E-state index in [1.54, 1.807) is 18.7 Å². The van der Waals surface area contributed by atoms with Gasteiger partial charge in [0.05, 0.1) is 30.0 Å². The van der Waals surface area contributed by atoms with Crippen LogP contribution < -0.4 is 21.7 Å². The fourth-order valence-electron chi connectivity index (χ4n) is 4.03. The molecule has 1 aromatic carbocycles. The van der Waals surface area contributed by atoms with Crippen molar-refractivity contribution >= 4 is 34.4 Å². The third-order valence-corrected chi connectivity index (χ3v) is 6.24. The second-order valence-corrected chi connectivity index (χ2v) is 9.27. The van der Waals surface area contributed by atoms with Crippen molar-refractivity contribution in [1.29, 1.82) is 0 Å². The Hall–Kier alpha value is -3.30. The molecule has 0 aliphatic carbocycles. The predicted octanol–water partition coefficient (Wildman–Crippen LogP) is 2.61. The summed E-state index contributed by atoms with van der Waals surface area (Å²) < 4.78 is 5.48. The molecular weight excluding hydrogens is 404 g/mol. The molecule has 0 saturated carbocycles. The Balaban J connectivity index is 1.61. The van der Waals surface area contributed by atoms with E-state index in [4.69, 9.17) is 16.2 Å². The molecule has 0 radical (unpaired) electrons. The summed E-state index contributed by atoms with van der Waals surface area (Å²) in [5.74, 6) is 0.375. The van der Waals surface area contributed by atoms with E-state index in [0.29, 0.717) is 19.0 Å². The topological polar surface area (TPSA) is 128 Å². The standard InChI is InChI=1S/C23H28N8O/c1-22(2,3)23(25)29-12-17-19(30-23)16(11-26-20(17)24)14-4-5-15-18(10-14)27-13-28-21(15)31-6-8-32-9-7-31/h4-5,10-13,30H,6-9,25H2,1-3H3,(H2,24,26). The highest BCUT2D eigenvalue weighted by atomic mass is 16.5. The summed E-state index contributed by atoms with van der Waals surface area (Å²) in [5, 5.41) is 4.44. The number of nitrogens with two attached hydrogens (primary N) is 2. The van der Waals surface area contributed by atoms with Crippen molar-refractivity contribution in [3.05, 3.63) is 36.3 Å². The number of aromatic nitrogens is 3. The van der Waals surface area contributed by atoms with Crippen LogP contribution in [-0.2, 0) is 4.74 Å². The first-order valence-electron chi connectivity index (χ1n) is 10.8. The highest BCUT2D eigenvalue weighted by Gasteiger charge is 2.41. The highest BCUT2D eigenvalue weighted by molar-refractivity contribution is 6.02. The van der Waals surface area contributed by atoms with Crippen molar-refractivity contribution in [3.8, 4) is 11.1 Å². The van der Waals surface area contributed by atoms with Crippen LogP contribution in [0.3, 0.4) is 0 Å². The first kappa shape index (κ1) is 20.6. The number of morpholine rings is 1. The molecule has 0 spiro atoms. The molecule has 4 heterocycles. The molecule has 2 aromatic heterocycles. The fraction of sp³-hybridized carbons (Fsp3) is 0.391. The molecule has 1 unspecified atom stereocenters. The zero-order valence-corrected chi connectivity index (χ0v) is 18.6. The lowest BCUT2D eigenvalue weighted by Crippen LogP contribution is -2.57. The van der Waals surface area contributed by atoms with E-state index in [2.05, 4.69) is 48.4 Å². The molecule has 5 rings (SSSR count). The van der Waals surface area contributed by atoms with Gasteiger partial charge in [-0.2, -0.15) is 0 Å². The van der Waals surface area contributed by atoms with Crippen LogP contribution in [0.1, 0.15) is 26.3 Å². The lowest BCUT2D eigenvalue weighted by Gasteiger charge is -2.42. The van der Waals surface area contributed by atoms with E-state index in [1.807, 2.05) is 20.8 Å². The van der Waals surface area contributed by atoms with Gasteiger partial charge in [-0.3, -0.25) is 5.73 Å². The number of nitrogen functional groups attached to an aromatic ring is 1. The number of aliphatic imine (C=N–C) groups is 1. The fourth-order valence-corrected chi connectivity index (χ4v) is 4.03. The van der Waals surface area contributed by atoms with E-state index >= 15 is 0 Å². The maximum Gasteiger partial charge on any atom is 0.187 e. The Kier molecular flexibility index (Phi) is 4.75. The third kappa shape index (κ3) is 3.34. The van der Waals surface area contributed by atoms with Gasteiger partial charge >= 0.3 is 0 Å². The van der Waals surface area contributed by atoms with Gasteiger partial charge in [-0.1, -0.05) is 26.8 Å². The van der Waals surface area contributed by atoms with Gasteiger partial charge in [0.2, 0.25) is 0 Å². The van der Waals surface area contributed by atoms with E-state index in [-0.39, 0.29) is 5.41 Å². The number of fused-ring (bicyclic) bond motifs is 2. The van der Waals surface area contributed by atoms with Crippen molar-refractivity contribution in [2.75, 3.05) is 42.3 Å². The molecule has 166 valence electrons. The zero-order valence-electron chi connectivity index (χ0n) is 18.6. The van der Waals surface area contributed by atoms with Crippen molar-refractivity contribution in [2.24, 2.45) is 16.1 Å². The minimum Gasteiger partial charge on any atom is -0.383 e. The number of nitrogens with zero attached hydrogens (tertiary/aromatic N) is 5. The van der Waals surface area contributed by atoms with Crippen LogP contribution in [0, 0.1) is 5.41 Å². The van der Waals surface area contributed by atoms with Crippen molar-refractivity contribution in [3.63, 3.8) is 0 Å². The Morgan fingerprint density at radius 1 is 1.12 bits per heavy atom. The summed E-state index contributed by atoms with van der Waals surface area (Å²) in [5.41, 5.74) is 16.8. The lowest BCUT2D eigenvalue weighted by molar-refractivity contribution is 0.122. The summed E-state index contributed by atoms with van der Waals surface area (Å²) >= 11 is 0. The summed E-state index contributed by atoms with van der Waals surface area (Å²) in [6.45, 7) is 9.19. The molecule has 2 aliphatic rings.